The molecule has 0 radical (unpaired) electrons. The Morgan fingerprint density at radius 1 is 0.846 bits per heavy atom. The highest BCUT2D eigenvalue weighted by atomic mass is 35.5. The highest BCUT2D eigenvalue weighted by Crippen LogP contribution is 2.28. The molecule has 0 amide bonds. The lowest BCUT2D eigenvalue weighted by molar-refractivity contribution is 0.0724. The largest absolute Gasteiger partial charge is 0.493 e. The minimum atomic E-state index is -0.513. The average Bonchev–Trinajstić information content (AvgIpc) is 2.68. The number of hydrogen-bond acceptors (Lipinski definition) is 4. The molecule has 3 aromatic rings. The van der Waals surface area contributed by atoms with Gasteiger partial charge in [0.2, 0.25) is 0 Å². The summed E-state index contributed by atoms with van der Waals surface area (Å²) in [6, 6.07) is 21.3. The molecule has 0 saturated carbocycles. The predicted octanol–water partition coefficient (Wildman–Crippen LogP) is 5.15. The lowest BCUT2D eigenvalue weighted by Crippen LogP contribution is -2.11. The van der Waals surface area contributed by atoms with Crippen molar-refractivity contribution < 1.29 is 19.0 Å². The lowest BCUT2D eigenvalue weighted by atomic mass is 10.2. The van der Waals surface area contributed by atoms with Crippen LogP contribution in [0.3, 0.4) is 0 Å². The summed E-state index contributed by atoms with van der Waals surface area (Å²) in [6.45, 7) is 0.316. The van der Waals surface area contributed by atoms with Gasteiger partial charge in [0.15, 0.2) is 11.5 Å². The van der Waals surface area contributed by atoms with Gasteiger partial charge in [-0.2, -0.15) is 0 Å². The second-order valence-electron chi connectivity index (χ2n) is 5.45. The smallest absolute Gasteiger partial charge is 0.347 e. The van der Waals surface area contributed by atoms with Crippen LogP contribution in [0.5, 0.6) is 17.2 Å². The second-order valence-corrected chi connectivity index (χ2v) is 5.89. The third kappa shape index (κ3) is 4.35. The third-order valence-corrected chi connectivity index (χ3v) is 3.94. The summed E-state index contributed by atoms with van der Waals surface area (Å²) in [5.41, 5.74) is 1.29. The number of halogens is 1. The Labute approximate surface area is 156 Å². The summed E-state index contributed by atoms with van der Waals surface area (Å²) < 4.78 is 16.5. The Morgan fingerprint density at radius 3 is 2.15 bits per heavy atom. The van der Waals surface area contributed by atoms with Crippen molar-refractivity contribution in [3.8, 4) is 17.2 Å². The van der Waals surface area contributed by atoms with E-state index in [1.807, 2.05) is 12.1 Å². The molecule has 4 nitrogen and oxygen atoms in total. The molecule has 3 rings (SSSR count). The molecule has 0 aliphatic heterocycles. The normalized spacial score (nSPS) is 10.2. The number of esters is 1. The van der Waals surface area contributed by atoms with Crippen LogP contribution in [-0.4, -0.2) is 13.1 Å². The monoisotopic (exact) mass is 368 g/mol. The summed E-state index contributed by atoms with van der Waals surface area (Å²) in [5, 5.41) is 0.662. The molecule has 0 fully saturated rings. The van der Waals surface area contributed by atoms with Gasteiger partial charge in [0.25, 0.3) is 0 Å². The van der Waals surface area contributed by atoms with Crippen LogP contribution >= 0.6 is 11.6 Å². The minimum Gasteiger partial charge on any atom is -0.493 e. The van der Waals surface area contributed by atoms with E-state index in [0.717, 1.165) is 5.56 Å². The SMILES string of the molecule is COc1ccccc1OC(=O)c1ccccc1OCc1ccc(Cl)cc1. The molecule has 0 N–H and O–H groups in total. The van der Waals surface area contributed by atoms with Crippen molar-refractivity contribution in [3.05, 3.63) is 88.9 Å². The summed E-state index contributed by atoms with van der Waals surface area (Å²) in [7, 11) is 1.52. The highest BCUT2D eigenvalue weighted by molar-refractivity contribution is 6.30. The van der Waals surface area contributed by atoms with Crippen molar-refractivity contribution in [2.75, 3.05) is 7.11 Å². The van der Waals surface area contributed by atoms with E-state index < -0.39 is 5.97 Å². The van der Waals surface area contributed by atoms with E-state index >= 15 is 0 Å². The summed E-state index contributed by atoms with van der Waals surface area (Å²) in [6.07, 6.45) is 0. The minimum absolute atomic E-state index is 0.316. The first-order chi connectivity index (χ1) is 12.7. The van der Waals surface area contributed by atoms with E-state index in [2.05, 4.69) is 0 Å². The molecule has 0 saturated heterocycles. The van der Waals surface area contributed by atoms with E-state index in [9.17, 15) is 4.79 Å². The number of ether oxygens (including phenoxy) is 3. The fourth-order valence-electron chi connectivity index (χ4n) is 2.36. The van der Waals surface area contributed by atoms with Gasteiger partial charge in [-0.3, -0.25) is 0 Å². The average molecular weight is 369 g/mol. The van der Waals surface area contributed by atoms with Crippen molar-refractivity contribution in [3.63, 3.8) is 0 Å². The van der Waals surface area contributed by atoms with Crippen molar-refractivity contribution in [2.45, 2.75) is 6.61 Å². The molecule has 0 heterocycles. The fraction of sp³-hybridized carbons (Fsp3) is 0.0952. The van der Waals surface area contributed by atoms with Gasteiger partial charge in [0, 0.05) is 5.02 Å². The van der Waals surface area contributed by atoms with Gasteiger partial charge in [0.1, 0.15) is 17.9 Å². The van der Waals surface area contributed by atoms with Gasteiger partial charge in [-0.1, -0.05) is 48.0 Å². The Bertz CT molecular complexity index is 891. The van der Waals surface area contributed by atoms with Crippen molar-refractivity contribution >= 4 is 17.6 Å². The third-order valence-electron chi connectivity index (χ3n) is 3.69. The van der Waals surface area contributed by atoms with Gasteiger partial charge in [-0.15, -0.1) is 0 Å². The molecule has 5 heteroatoms. The van der Waals surface area contributed by atoms with Crippen molar-refractivity contribution in [1.82, 2.24) is 0 Å². The molecule has 132 valence electrons. The van der Waals surface area contributed by atoms with Gasteiger partial charge in [0.05, 0.1) is 7.11 Å². The molecule has 3 aromatic carbocycles. The van der Waals surface area contributed by atoms with E-state index in [-0.39, 0.29) is 0 Å². The van der Waals surface area contributed by atoms with Gasteiger partial charge in [-0.05, 0) is 42.0 Å². The van der Waals surface area contributed by atoms with E-state index in [1.165, 1.54) is 7.11 Å². The first-order valence-corrected chi connectivity index (χ1v) is 8.36. The maximum absolute atomic E-state index is 12.6. The van der Waals surface area contributed by atoms with Crippen LogP contribution in [0.2, 0.25) is 5.02 Å². The zero-order valence-electron chi connectivity index (χ0n) is 14.1. The van der Waals surface area contributed by atoms with Crippen LogP contribution in [0.1, 0.15) is 15.9 Å². The molecule has 0 unspecified atom stereocenters. The first-order valence-electron chi connectivity index (χ1n) is 7.99. The quantitative estimate of drug-likeness (QED) is 0.446. The number of carbonyl (C=O) groups excluding carboxylic acids is 1. The molecule has 0 aliphatic carbocycles. The Kier molecular flexibility index (Phi) is 5.77. The van der Waals surface area contributed by atoms with Crippen molar-refractivity contribution in [2.24, 2.45) is 0 Å². The van der Waals surface area contributed by atoms with Gasteiger partial charge >= 0.3 is 5.97 Å². The number of methoxy groups -OCH3 is 1. The predicted molar refractivity (Wildman–Crippen MR) is 100 cm³/mol. The Balaban J connectivity index is 1.75. The number of hydrogen-bond donors (Lipinski definition) is 0. The zero-order chi connectivity index (χ0) is 18.4. The van der Waals surface area contributed by atoms with Crippen LogP contribution in [0, 0.1) is 0 Å². The standard InChI is InChI=1S/C21H17ClO4/c1-24-19-8-4-5-9-20(19)26-21(23)17-6-2-3-7-18(17)25-14-15-10-12-16(22)13-11-15/h2-13H,14H2,1H3. The topological polar surface area (TPSA) is 44.8 Å². The number of rotatable bonds is 6. The van der Waals surface area contributed by atoms with Crippen molar-refractivity contribution in [1.29, 1.82) is 0 Å². The van der Waals surface area contributed by atoms with Crippen LogP contribution in [-0.2, 0) is 6.61 Å². The molecule has 0 spiro atoms. The van der Waals surface area contributed by atoms with Crippen LogP contribution in [0.25, 0.3) is 0 Å². The van der Waals surface area contributed by atoms with Crippen LogP contribution in [0.15, 0.2) is 72.8 Å². The van der Waals surface area contributed by atoms with Gasteiger partial charge < -0.3 is 14.2 Å². The second kappa shape index (κ2) is 8.41. The maximum Gasteiger partial charge on any atom is 0.347 e. The van der Waals surface area contributed by atoms with E-state index in [1.54, 1.807) is 60.7 Å². The molecular weight excluding hydrogens is 352 g/mol. The molecule has 0 bridgehead atoms. The number of para-hydroxylation sites is 3. The number of benzene rings is 3. The maximum atomic E-state index is 12.6. The number of carbonyl (C=O) groups is 1. The van der Waals surface area contributed by atoms with Crippen LogP contribution in [0.4, 0.5) is 0 Å². The molecule has 0 aromatic heterocycles. The molecule has 0 aliphatic rings. The summed E-state index contributed by atoms with van der Waals surface area (Å²) >= 11 is 5.89. The highest BCUT2D eigenvalue weighted by Gasteiger charge is 2.16. The fourth-order valence-corrected chi connectivity index (χ4v) is 2.49. The summed E-state index contributed by atoms with van der Waals surface area (Å²) in [5.74, 6) is 0.775. The lowest BCUT2D eigenvalue weighted by Gasteiger charge is -2.12. The van der Waals surface area contributed by atoms with Crippen LogP contribution < -0.4 is 14.2 Å². The van der Waals surface area contributed by atoms with Gasteiger partial charge in [-0.25, -0.2) is 4.79 Å². The molecule has 26 heavy (non-hydrogen) atoms. The zero-order valence-corrected chi connectivity index (χ0v) is 14.9. The van der Waals surface area contributed by atoms with E-state index in [0.29, 0.717) is 34.4 Å². The first kappa shape index (κ1) is 17.8. The molecule has 0 atom stereocenters. The Hall–Kier alpha value is -2.98. The van der Waals surface area contributed by atoms with E-state index in [4.69, 9.17) is 25.8 Å². The Morgan fingerprint density at radius 2 is 1.46 bits per heavy atom. The summed E-state index contributed by atoms with van der Waals surface area (Å²) in [4.78, 5) is 12.6. The molecular formula is C21H17ClO4.